The van der Waals surface area contributed by atoms with Crippen molar-refractivity contribution in [1.29, 1.82) is 0 Å². The molecule has 3 heteroatoms. The van der Waals surface area contributed by atoms with Crippen molar-refractivity contribution in [2.45, 2.75) is 26.2 Å². The molecule has 70 valence electrons. The molecule has 1 aliphatic heterocycles. The van der Waals surface area contributed by atoms with Crippen LogP contribution in [-0.2, 0) is 0 Å². The molecule has 0 radical (unpaired) electrons. The number of amides is 2. The monoisotopic (exact) mass is 170 g/mol. The number of likely N-dealkylation sites (tertiary alicyclic amines) is 1. The summed E-state index contributed by atoms with van der Waals surface area (Å²) < 4.78 is 0. The third-order valence-electron chi connectivity index (χ3n) is 2.26. The Balaban J connectivity index is 2.34. The van der Waals surface area contributed by atoms with E-state index in [2.05, 4.69) is 6.92 Å². The van der Waals surface area contributed by atoms with Crippen molar-refractivity contribution >= 4 is 6.03 Å². The summed E-state index contributed by atoms with van der Waals surface area (Å²) in [6.45, 7) is 4.86. The fourth-order valence-electron chi connectivity index (χ4n) is 1.58. The Kier molecular flexibility index (Phi) is 3.38. The van der Waals surface area contributed by atoms with Crippen LogP contribution in [0.15, 0.2) is 0 Å². The van der Waals surface area contributed by atoms with E-state index in [1.165, 1.54) is 12.8 Å². The maximum Gasteiger partial charge on any atom is 0.319 e. The van der Waals surface area contributed by atoms with Crippen molar-refractivity contribution in [2.24, 2.45) is 0 Å². The van der Waals surface area contributed by atoms with Crippen LogP contribution in [0.4, 0.5) is 4.79 Å². The van der Waals surface area contributed by atoms with Gasteiger partial charge in [-0.2, -0.15) is 0 Å². The molecule has 0 saturated carbocycles. The normalized spacial score (nSPS) is 16.7. The molecular formula is C9H18N2O. The lowest BCUT2D eigenvalue weighted by Gasteiger charge is -2.23. The van der Waals surface area contributed by atoms with E-state index in [9.17, 15) is 4.79 Å². The van der Waals surface area contributed by atoms with Gasteiger partial charge in [0.15, 0.2) is 0 Å². The summed E-state index contributed by atoms with van der Waals surface area (Å²) in [5.41, 5.74) is 0. The maximum atomic E-state index is 11.6. The third-order valence-corrected chi connectivity index (χ3v) is 2.26. The molecular weight excluding hydrogens is 152 g/mol. The Morgan fingerprint density at radius 1 is 1.42 bits per heavy atom. The second-order valence-electron chi connectivity index (χ2n) is 3.40. The predicted molar refractivity (Wildman–Crippen MR) is 49.1 cm³/mol. The molecule has 0 aromatic rings. The minimum Gasteiger partial charge on any atom is -0.328 e. The highest BCUT2D eigenvalue weighted by Gasteiger charge is 2.20. The SMILES string of the molecule is CCCN(C)C(=O)N1CCCC1. The zero-order valence-electron chi connectivity index (χ0n) is 8.05. The standard InChI is InChI=1S/C9H18N2O/c1-3-6-10(2)9(12)11-7-4-5-8-11/h3-8H2,1-2H3. The fourth-order valence-corrected chi connectivity index (χ4v) is 1.58. The van der Waals surface area contributed by atoms with E-state index in [0.717, 1.165) is 26.1 Å². The lowest BCUT2D eigenvalue weighted by Crippen LogP contribution is -2.39. The summed E-state index contributed by atoms with van der Waals surface area (Å²) in [7, 11) is 1.88. The minimum absolute atomic E-state index is 0.203. The summed E-state index contributed by atoms with van der Waals surface area (Å²) >= 11 is 0. The van der Waals surface area contributed by atoms with Crippen LogP contribution in [0.5, 0.6) is 0 Å². The van der Waals surface area contributed by atoms with Gasteiger partial charge in [-0.1, -0.05) is 6.92 Å². The molecule has 2 amide bonds. The van der Waals surface area contributed by atoms with Gasteiger partial charge in [0.1, 0.15) is 0 Å². The van der Waals surface area contributed by atoms with Crippen molar-refractivity contribution in [3.63, 3.8) is 0 Å². The lowest BCUT2D eigenvalue weighted by atomic mass is 10.4. The van der Waals surface area contributed by atoms with Gasteiger partial charge in [-0.15, -0.1) is 0 Å². The average molecular weight is 170 g/mol. The van der Waals surface area contributed by atoms with E-state index in [1.54, 1.807) is 0 Å². The number of hydrogen-bond acceptors (Lipinski definition) is 1. The second kappa shape index (κ2) is 4.33. The molecule has 0 spiro atoms. The quantitative estimate of drug-likeness (QED) is 0.616. The molecule has 3 nitrogen and oxygen atoms in total. The first-order valence-electron chi connectivity index (χ1n) is 4.75. The molecule has 1 aliphatic rings. The van der Waals surface area contributed by atoms with Gasteiger partial charge in [0.05, 0.1) is 0 Å². The first-order chi connectivity index (χ1) is 5.75. The van der Waals surface area contributed by atoms with Crippen molar-refractivity contribution < 1.29 is 4.79 Å². The van der Waals surface area contributed by atoms with Crippen molar-refractivity contribution in [3.05, 3.63) is 0 Å². The summed E-state index contributed by atoms with van der Waals surface area (Å²) in [4.78, 5) is 15.3. The lowest BCUT2D eigenvalue weighted by molar-refractivity contribution is 0.173. The summed E-state index contributed by atoms with van der Waals surface area (Å²) in [6.07, 6.45) is 3.38. The van der Waals surface area contributed by atoms with Crippen LogP contribution in [-0.4, -0.2) is 42.5 Å². The van der Waals surface area contributed by atoms with Crippen LogP contribution < -0.4 is 0 Å². The number of urea groups is 1. The summed E-state index contributed by atoms with van der Waals surface area (Å²) in [5.74, 6) is 0. The smallest absolute Gasteiger partial charge is 0.319 e. The fraction of sp³-hybridized carbons (Fsp3) is 0.889. The second-order valence-corrected chi connectivity index (χ2v) is 3.40. The molecule has 0 bridgehead atoms. The van der Waals surface area contributed by atoms with Gasteiger partial charge in [0, 0.05) is 26.7 Å². The molecule has 1 saturated heterocycles. The van der Waals surface area contributed by atoms with E-state index in [-0.39, 0.29) is 6.03 Å². The van der Waals surface area contributed by atoms with Crippen LogP contribution in [0.3, 0.4) is 0 Å². The zero-order valence-corrected chi connectivity index (χ0v) is 8.05. The zero-order chi connectivity index (χ0) is 8.97. The number of carbonyl (C=O) groups is 1. The van der Waals surface area contributed by atoms with Crippen molar-refractivity contribution in [1.82, 2.24) is 9.80 Å². The number of hydrogen-bond donors (Lipinski definition) is 0. The first-order valence-corrected chi connectivity index (χ1v) is 4.75. The molecule has 0 atom stereocenters. The van der Waals surface area contributed by atoms with Gasteiger partial charge in [-0.3, -0.25) is 0 Å². The van der Waals surface area contributed by atoms with Crippen LogP contribution in [0.2, 0.25) is 0 Å². The van der Waals surface area contributed by atoms with Crippen LogP contribution in [0.1, 0.15) is 26.2 Å². The molecule has 1 fully saturated rings. The Hall–Kier alpha value is -0.730. The van der Waals surface area contributed by atoms with Crippen LogP contribution in [0.25, 0.3) is 0 Å². The van der Waals surface area contributed by atoms with Crippen LogP contribution >= 0.6 is 0 Å². The molecule has 0 aromatic heterocycles. The molecule has 0 N–H and O–H groups in total. The Morgan fingerprint density at radius 3 is 2.50 bits per heavy atom. The van der Waals surface area contributed by atoms with Gasteiger partial charge in [0.2, 0.25) is 0 Å². The minimum atomic E-state index is 0.203. The number of carbonyl (C=O) groups excluding carboxylic acids is 1. The summed E-state index contributed by atoms with van der Waals surface area (Å²) in [5, 5.41) is 0. The van der Waals surface area contributed by atoms with Gasteiger partial charge in [-0.05, 0) is 19.3 Å². The van der Waals surface area contributed by atoms with Crippen molar-refractivity contribution in [2.75, 3.05) is 26.7 Å². The molecule has 0 aromatic carbocycles. The van der Waals surface area contributed by atoms with E-state index < -0.39 is 0 Å². The number of nitrogens with zero attached hydrogens (tertiary/aromatic N) is 2. The van der Waals surface area contributed by atoms with Gasteiger partial charge in [0.25, 0.3) is 0 Å². The predicted octanol–water partition coefficient (Wildman–Crippen LogP) is 1.54. The van der Waals surface area contributed by atoms with E-state index >= 15 is 0 Å². The highest BCUT2D eigenvalue weighted by molar-refractivity contribution is 5.74. The van der Waals surface area contributed by atoms with E-state index in [0.29, 0.717) is 0 Å². The topological polar surface area (TPSA) is 23.6 Å². The van der Waals surface area contributed by atoms with E-state index in [4.69, 9.17) is 0 Å². The molecule has 12 heavy (non-hydrogen) atoms. The molecule has 0 aliphatic carbocycles. The largest absolute Gasteiger partial charge is 0.328 e. The Labute approximate surface area is 74.3 Å². The van der Waals surface area contributed by atoms with E-state index in [1.807, 2.05) is 16.8 Å². The Morgan fingerprint density at radius 2 is 2.00 bits per heavy atom. The van der Waals surface area contributed by atoms with Gasteiger partial charge >= 0.3 is 6.03 Å². The molecule has 0 unspecified atom stereocenters. The number of rotatable bonds is 2. The van der Waals surface area contributed by atoms with Crippen LogP contribution in [0, 0.1) is 0 Å². The highest BCUT2D eigenvalue weighted by atomic mass is 16.2. The molecule has 1 heterocycles. The maximum absolute atomic E-state index is 11.6. The third kappa shape index (κ3) is 2.13. The summed E-state index contributed by atoms with van der Waals surface area (Å²) in [6, 6.07) is 0.203. The van der Waals surface area contributed by atoms with Gasteiger partial charge < -0.3 is 9.80 Å². The first kappa shape index (κ1) is 9.36. The molecule has 1 rings (SSSR count). The highest BCUT2D eigenvalue weighted by Crippen LogP contribution is 2.09. The average Bonchev–Trinajstić information content (AvgIpc) is 2.55. The van der Waals surface area contributed by atoms with Gasteiger partial charge in [-0.25, -0.2) is 4.79 Å². The Bertz CT molecular complexity index is 153. The van der Waals surface area contributed by atoms with Crippen molar-refractivity contribution in [3.8, 4) is 0 Å².